The zero-order chi connectivity index (χ0) is 14.3. The molecule has 0 saturated heterocycles. The van der Waals surface area contributed by atoms with Crippen LogP contribution in [0.5, 0.6) is 5.75 Å². The van der Waals surface area contributed by atoms with E-state index in [0.717, 1.165) is 12.8 Å². The maximum atomic E-state index is 11.8. The summed E-state index contributed by atoms with van der Waals surface area (Å²) in [6.07, 6.45) is 2.13. The van der Waals surface area contributed by atoms with Crippen LogP contribution < -0.4 is 5.32 Å². The van der Waals surface area contributed by atoms with E-state index in [1.165, 1.54) is 0 Å². The number of rotatable bonds is 7. The fraction of sp³-hybridized carbons (Fsp3) is 0.533. The van der Waals surface area contributed by atoms with E-state index in [1.54, 1.807) is 18.2 Å². The van der Waals surface area contributed by atoms with Crippen LogP contribution in [0, 0.1) is 5.41 Å². The Morgan fingerprint density at radius 2 is 2.05 bits per heavy atom. The minimum Gasteiger partial charge on any atom is -0.508 e. The predicted octanol–water partition coefficient (Wildman–Crippen LogP) is 3.10. The average Bonchev–Trinajstić information content (AvgIpc) is 2.37. The molecule has 1 aromatic rings. The number of carbonyl (C=O) groups is 1. The van der Waals surface area contributed by atoms with E-state index in [4.69, 9.17) is 11.6 Å². The van der Waals surface area contributed by atoms with E-state index in [1.807, 2.05) is 6.07 Å². The standard InChI is InChI=1S/C15H22ClNO2/c1-15(2,8-5-9-16)11-17-14(19)10-12-6-3-4-7-13(12)18/h3-4,6-7,18H,5,8-11H2,1-2H3,(H,17,19). The fourth-order valence-electron chi connectivity index (χ4n) is 1.87. The van der Waals surface area contributed by atoms with Crippen LogP contribution in [0.25, 0.3) is 0 Å². The Morgan fingerprint density at radius 3 is 2.68 bits per heavy atom. The van der Waals surface area contributed by atoms with Crippen molar-refractivity contribution in [2.75, 3.05) is 12.4 Å². The predicted molar refractivity (Wildman–Crippen MR) is 78.6 cm³/mol. The van der Waals surface area contributed by atoms with Crippen LogP contribution in [0.3, 0.4) is 0 Å². The first-order valence-electron chi connectivity index (χ1n) is 6.54. The average molecular weight is 284 g/mol. The molecule has 3 nitrogen and oxygen atoms in total. The number of hydrogen-bond donors (Lipinski definition) is 2. The molecule has 0 heterocycles. The highest BCUT2D eigenvalue weighted by molar-refractivity contribution is 6.17. The number of para-hydroxylation sites is 1. The first-order chi connectivity index (χ1) is 8.94. The summed E-state index contributed by atoms with van der Waals surface area (Å²) in [6, 6.07) is 6.90. The Balaban J connectivity index is 2.42. The number of phenolic OH excluding ortho intramolecular Hbond substituents is 1. The van der Waals surface area contributed by atoms with Gasteiger partial charge >= 0.3 is 0 Å². The van der Waals surface area contributed by atoms with Gasteiger partial charge in [-0.3, -0.25) is 4.79 Å². The molecule has 1 amide bonds. The number of hydrogen-bond acceptors (Lipinski definition) is 2. The molecular weight excluding hydrogens is 262 g/mol. The lowest BCUT2D eigenvalue weighted by Gasteiger charge is -2.24. The molecule has 19 heavy (non-hydrogen) atoms. The molecule has 0 radical (unpaired) electrons. The second kappa shape index (κ2) is 7.39. The summed E-state index contributed by atoms with van der Waals surface area (Å²) in [5.41, 5.74) is 0.696. The van der Waals surface area contributed by atoms with Gasteiger partial charge in [-0.05, 0) is 24.3 Å². The molecule has 0 unspecified atom stereocenters. The molecule has 4 heteroatoms. The Labute approximate surface area is 120 Å². The van der Waals surface area contributed by atoms with Gasteiger partial charge in [-0.2, -0.15) is 0 Å². The van der Waals surface area contributed by atoms with Gasteiger partial charge in [0.2, 0.25) is 5.91 Å². The molecule has 1 aromatic carbocycles. The van der Waals surface area contributed by atoms with Crippen molar-refractivity contribution < 1.29 is 9.90 Å². The Morgan fingerprint density at radius 1 is 1.37 bits per heavy atom. The molecule has 106 valence electrons. The van der Waals surface area contributed by atoms with E-state index in [-0.39, 0.29) is 23.5 Å². The summed E-state index contributed by atoms with van der Waals surface area (Å²) in [4.78, 5) is 11.8. The van der Waals surface area contributed by atoms with Crippen molar-refractivity contribution in [3.05, 3.63) is 29.8 Å². The van der Waals surface area contributed by atoms with Crippen molar-refractivity contribution in [2.45, 2.75) is 33.1 Å². The van der Waals surface area contributed by atoms with Gasteiger partial charge in [0.1, 0.15) is 5.75 Å². The molecule has 0 fully saturated rings. The van der Waals surface area contributed by atoms with Gasteiger partial charge in [0.05, 0.1) is 6.42 Å². The van der Waals surface area contributed by atoms with Gasteiger partial charge < -0.3 is 10.4 Å². The van der Waals surface area contributed by atoms with Gasteiger partial charge in [-0.25, -0.2) is 0 Å². The first kappa shape index (κ1) is 15.8. The maximum absolute atomic E-state index is 11.8. The lowest BCUT2D eigenvalue weighted by Crippen LogP contribution is -2.34. The monoisotopic (exact) mass is 283 g/mol. The summed E-state index contributed by atoms with van der Waals surface area (Å²) >= 11 is 5.68. The molecule has 0 spiro atoms. The number of nitrogens with one attached hydrogen (secondary N) is 1. The zero-order valence-corrected chi connectivity index (χ0v) is 12.3. The fourth-order valence-corrected chi connectivity index (χ4v) is 2.00. The second-order valence-corrected chi connectivity index (χ2v) is 5.92. The summed E-state index contributed by atoms with van der Waals surface area (Å²) in [7, 11) is 0. The van der Waals surface area contributed by atoms with Gasteiger partial charge in [0.25, 0.3) is 0 Å². The molecule has 0 saturated carbocycles. The quantitative estimate of drug-likeness (QED) is 0.756. The number of aromatic hydroxyl groups is 1. The molecule has 0 aromatic heterocycles. The lowest BCUT2D eigenvalue weighted by molar-refractivity contribution is -0.120. The van der Waals surface area contributed by atoms with Crippen molar-refractivity contribution in [3.63, 3.8) is 0 Å². The van der Waals surface area contributed by atoms with E-state index in [9.17, 15) is 9.90 Å². The van der Waals surface area contributed by atoms with Crippen LogP contribution in [0.1, 0.15) is 32.3 Å². The highest BCUT2D eigenvalue weighted by atomic mass is 35.5. The van der Waals surface area contributed by atoms with Crippen LogP contribution in [0.15, 0.2) is 24.3 Å². The minimum absolute atomic E-state index is 0.0449. The molecule has 0 aliphatic rings. The van der Waals surface area contributed by atoms with E-state index >= 15 is 0 Å². The normalized spacial score (nSPS) is 11.3. The van der Waals surface area contributed by atoms with Crippen LogP contribution in [0.2, 0.25) is 0 Å². The minimum atomic E-state index is -0.0690. The molecule has 1 rings (SSSR count). The first-order valence-corrected chi connectivity index (χ1v) is 7.07. The maximum Gasteiger partial charge on any atom is 0.224 e. The molecule has 0 bridgehead atoms. The molecule has 0 aliphatic carbocycles. The van der Waals surface area contributed by atoms with Crippen LogP contribution >= 0.6 is 11.6 Å². The number of alkyl halides is 1. The number of phenols is 1. The van der Waals surface area contributed by atoms with E-state index in [2.05, 4.69) is 19.2 Å². The number of amides is 1. The summed E-state index contributed by atoms with van der Waals surface area (Å²) in [5, 5.41) is 12.5. The topological polar surface area (TPSA) is 49.3 Å². The van der Waals surface area contributed by atoms with Crippen LogP contribution in [0.4, 0.5) is 0 Å². The third kappa shape index (κ3) is 5.97. The summed E-state index contributed by atoms with van der Waals surface area (Å²) < 4.78 is 0. The molecule has 0 atom stereocenters. The van der Waals surface area contributed by atoms with Crippen molar-refractivity contribution in [1.29, 1.82) is 0 Å². The number of benzene rings is 1. The summed E-state index contributed by atoms with van der Waals surface area (Å²) in [5.74, 6) is 0.745. The van der Waals surface area contributed by atoms with Gasteiger partial charge in [-0.15, -0.1) is 11.6 Å². The Hall–Kier alpha value is -1.22. The third-order valence-electron chi connectivity index (χ3n) is 3.09. The Bertz CT molecular complexity index is 418. The van der Waals surface area contributed by atoms with Crippen molar-refractivity contribution in [3.8, 4) is 5.75 Å². The second-order valence-electron chi connectivity index (χ2n) is 5.54. The molecule has 2 N–H and O–H groups in total. The summed E-state index contributed by atoms with van der Waals surface area (Å²) in [6.45, 7) is 4.84. The van der Waals surface area contributed by atoms with E-state index in [0.29, 0.717) is 18.0 Å². The number of carbonyl (C=O) groups excluding carboxylic acids is 1. The van der Waals surface area contributed by atoms with Crippen LogP contribution in [-0.4, -0.2) is 23.4 Å². The molecular formula is C15H22ClNO2. The lowest BCUT2D eigenvalue weighted by atomic mass is 9.88. The third-order valence-corrected chi connectivity index (χ3v) is 3.36. The molecule has 0 aliphatic heterocycles. The smallest absolute Gasteiger partial charge is 0.224 e. The van der Waals surface area contributed by atoms with Crippen molar-refractivity contribution >= 4 is 17.5 Å². The zero-order valence-electron chi connectivity index (χ0n) is 11.6. The number of halogens is 1. The van der Waals surface area contributed by atoms with Gasteiger partial charge in [-0.1, -0.05) is 32.0 Å². The van der Waals surface area contributed by atoms with Crippen molar-refractivity contribution in [2.24, 2.45) is 5.41 Å². The van der Waals surface area contributed by atoms with E-state index < -0.39 is 0 Å². The van der Waals surface area contributed by atoms with Gasteiger partial charge in [0.15, 0.2) is 0 Å². The largest absolute Gasteiger partial charge is 0.508 e. The van der Waals surface area contributed by atoms with Crippen molar-refractivity contribution in [1.82, 2.24) is 5.32 Å². The SMILES string of the molecule is CC(C)(CCCCl)CNC(=O)Cc1ccccc1O. The van der Waals surface area contributed by atoms with Gasteiger partial charge in [0, 0.05) is 18.0 Å². The Kier molecular flexibility index (Phi) is 6.16. The van der Waals surface area contributed by atoms with Crippen LogP contribution in [-0.2, 0) is 11.2 Å². The highest BCUT2D eigenvalue weighted by Gasteiger charge is 2.18. The highest BCUT2D eigenvalue weighted by Crippen LogP contribution is 2.21.